The normalized spacial score (nSPS) is 10.2. The van der Waals surface area contributed by atoms with Gasteiger partial charge < -0.3 is 19.5 Å². The molecule has 8 heteroatoms. The highest BCUT2D eigenvalue weighted by atomic mass is 79.9. The highest BCUT2D eigenvalue weighted by molar-refractivity contribution is 9.10. The molecule has 0 aliphatic carbocycles. The molecule has 24 heavy (non-hydrogen) atoms. The number of carbonyl (C=O) groups is 1. The van der Waals surface area contributed by atoms with Crippen LogP contribution in [-0.2, 0) is 4.79 Å². The summed E-state index contributed by atoms with van der Waals surface area (Å²) in [5.41, 5.74) is 0.416. The average Bonchev–Trinajstić information content (AvgIpc) is 2.54. The molecule has 2 rings (SSSR count). The number of anilines is 1. The van der Waals surface area contributed by atoms with E-state index in [4.69, 9.17) is 37.4 Å². The molecule has 0 aliphatic heterocycles. The maximum atomic E-state index is 12.1. The van der Waals surface area contributed by atoms with Gasteiger partial charge in [-0.1, -0.05) is 39.1 Å². The number of nitrogens with one attached hydrogen (secondary N) is 1. The van der Waals surface area contributed by atoms with Gasteiger partial charge >= 0.3 is 0 Å². The summed E-state index contributed by atoms with van der Waals surface area (Å²) in [4.78, 5) is 12.1. The fourth-order valence-electron chi connectivity index (χ4n) is 1.88. The zero-order valence-corrected chi connectivity index (χ0v) is 16.0. The van der Waals surface area contributed by atoms with Gasteiger partial charge in [-0.15, -0.1) is 0 Å². The van der Waals surface area contributed by atoms with E-state index >= 15 is 0 Å². The van der Waals surface area contributed by atoms with E-state index in [0.29, 0.717) is 33.0 Å². The van der Waals surface area contributed by atoms with Gasteiger partial charge in [-0.25, -0.2) is 0 Å². The van der Waals surface area contributed by atoms with Crippen molar-refractivity contribution in [2.45, 2.75) is 0 Å². The lowest BCUT2D eigenvalue weighted by molar-refractivity contribution is -0.118. The van der Waals surface area contributed by atoms with Crippen LogP contribution in [0, 0.1) is 0 Å². The molecule has 0 spiro atoms. The van der Waals surface area contributed by atoms with Crippen molar-refractivity contribution in [3.05, 3.63) is 44.8 Å². The fraction of sp³-hybridized carbons (Fsp3) is 0.188. The molecule has 2 aromatic carbocycles. The Morgan fingerprint density at radius 1 is 1.04 bits per heavy atom. The molecule has 0 saturated carbocycles. The van der Waals surface area contributed by atoms with Crippen molar-refractivity contribution in [1.82, 2.24) is 0 Å². The molecule has 5 nitrogen and oxygen atoms in total. The summed E-state index contributed by atoms with van der Waals surface area (Å²) in [5.74, 6) is 0.902. The van der Waals surface area contributed by atoms with Crippen molar-refractivity contribution in [2.75, 3.05) is 26.1 Å². The van der Waals surface area contributed by atoms with Crippen molar-refractivity contribution >= 4 is 50.7 Å². The third-order valence-corrected chi connectivity index (χ3v) is 4.08. The fourth-order valence-corrected chi connectivity index (χ4v) is 2.85. The van der Waals surface area contributed by atoms with Crippen molar-refractivity contribution < 1.29 is 19.0 Å². The number of benzene rings is 2. The Bertz CT molecular complexity index is 755. The van der Waals surface area contributed by atoms with E-state index in [0.717, 1.165) is 4.47 Å². The molecule has 0 heterocycles. The van der Waals surface area contributed by atoms with Gasteiger partial charge in [0.2, 0.25) is 0 Å². The Morgan fingerprint density at radius 2 is 1.71 bits per heavy atom. The molecule has 0 saturated heterocycles. The van der Waals surface area contributed by atoms with E-state index in [9.17, 15) is 4.79 Å². The van der Waals surface area contributed by atoms with Gasteiger partial charge in [0.05, 0.1) is 30.0 Å². The summed E-state index contributed by atoms with van der Waals surface area (Å²) >= 11 is 15.4. The first-order valence-corrected chi connectivity index (χ1v) is 8.28. The van der Waals surface area contributed by atoms with E-state index in [1.54, 1.807) is 30.3 Å². The highest BCUT2D eigenvalue weighted by Crippen LogP contribution is 2.36. The van der Waals surface area contributed by atoms with Crippen LogP contribution in [0.15, 0.2) is 34.8 Å². The highest BCUT2D eigenvalue weighted by Gasteiger charge is 2.13. The van der Waals surface area contributed by atoms with Gasteiger partial charge in [0.15, 0.2) is 6.61 Å². The van der Waals surface area contributed by atoms with Gasteiger partial charge in [-0.05, 0) is 24.3 Å². The number of halogens is 3. The standard InChI is InChI=1S/C16H14BrCl2NO4/c1-22-14-7-15(23-2)12(6-11(14)19)20-16(21)8-24-13-4-3-9(17)5-10(13)18/h3-7H,8H2,1-2H3,(H,20,21). The van der Waals surface area contributed by atoms with Gasteiger partial charge in [-0.3, -0.25) is 4.79 Å². The van der Waals surface area contributed by atoms with E-state index < -0.39 is 0 Å². The van der Waals surface area contributed by atoms with Crippen molar-refractivity contribution in [3.63, 3.8) is 0 Å². The molecule has 0 atom stereocenters. The lowest BCUT2D eigenvalue weighted by atomic mass is 10.2. The predicted octanol–water partition coefficient (Wildman–Crippen LogP) is 4.79. The van der Waals surface area contributed by atoms with Crippen LogP contribution >= 0.6 is 39.1 Å². The first-order valence-electron chi connectivity index (χ1n) is 6.73. The molecular weight excluding hydrogens is 421 g/mol. The Hall–Kier alpha value is -1.63. The van der Waals surface area contributed by atoms with Gasteiger partial charge in [0, 0.05) is 10.5 Å². The van der Waals surface area contributed by atoms with Crippen molar-refractivity contribution in [3.8, 4) is 17.2 Å². The second-order valence-electron chi connectivity index (χ2n) is 4.60. The predicted molar refractivity (Wildman–Crippen MR) is 97.8 cm³/mol. The lowest BCUT2D eigenvalue weighted by Gasteiger charge is -2.13. The van der Waals surface area contributed by atoms with E-state index in [-0.39, 0.29) is 12.5 Å². The molecule has 0 bridgehead atoms. The third-order valence-electron chi connectivity index (χ3n) is 3.00. The van der Waals surface area contributed by atoms with Crippen LogP contribution in [-0.4, -0.2) is 26.7 Å². The number of carbonyl (C=O) groups excluding carboxylic acids is 1. The minimum atomic E-state index is -0.381. The van der Waals surface area contributed by atoms with Crippen LogP contribution in [0.1, 0.15) is 0 Å². The van der Waals surface area contributed by atoms with Crippen LogP contribution in [0.5, 0.6) is 17.2 Å². The zero-order valence-electron chi connectivity index (χ0n) is 12.9. The van der Waals surface area contributed by atoms with Crippen LogP contribution in [0.25, 0.3) is 0 Å². The summed E-state index contributed by atoms with van der Waals surface area (Å²) in [7, 11) is 2.98. The minimum Gasteiger partial charge on any atom is -0.495 e. The number of hydrogen-bond acceptors (Lipinski definition) is 4. The number of methoxy groups -OCH3 is 2. The van der Waals surface area contributed by atoms with Gasteiger partial charge in [-0.2, -0.15) is 0 Å². The Morgan fingerprint density at radius 3 is 2.33 bits per heavy atom. The summed E-state index contributed by atoms with van der Waals surface area (Å²) < 4.78 is 16.6. The smallest absolute Gasteiger partial charge is 0.262 e. The Labute approximate surface area is 157 Å². The largest absolute Gasteiger partial charge is 0.495 e. The monoisotopic (exact) mass is 433 g/mol. The maximum Gasteiger partial charge on any atom is 0.262 e. The van der Waals surface area contributed by atoms with Crippen molar-refractivity contribution in [2.24, 2.45) is 0 Å². The molecule has 0 radical (unpaired) electrons. The van der Waals surface area contributed by atoms with Crippen LogP contribution in [0.2, 0.25) is 10.0 Å². The van der Waals surface area contributed by atoms with E-state index in [1.807, 2.05) is 0 Å². The minimum absolute atomic E-state index is 0.214. The molecule has 1 N–H and O–H groups in total. The van der Waals surface area contributed by atoms with Gasteiger partial charge in [0.25, 0.3) is 5.91 Å². The second kappa shape index (κ2) is 8.46. The SMILES string of the molecule is COc1cc(OC)c(NC(=O)COc2ccc(Br)cc2Cl)cc1Cl. The Kier molecular flexibility index (Phi) is 6.60. The summed E-state index contributed by atoms with van der Waals surface area (Å²) in [6.45, 7) is -0.214. The summed E-state index contributed by atoms with van der Waals surface area (Å²) in [6.07, 6.45) is 0. The van der Waals surface area contributed by atoms with Crippen LogP contribution in [0.4, 0.5) is 5.69 Å². The van der Waals surface area contributed by atoms with E-state index in [1.165, 1.54) is 14.2 Å². The summed E-state index contributed by atoms with van der Waals surface area (Å²) in [5, 5.41) is 3.43. The average molecular weight is 435 g/mol. The molecule has 1 amide bonds. The number of rotatable bonds is 6. The Balaban J connectivity index is 2.05. The number of hydrogen-bond donors (Lipinski definition) is 1. The maximum absolute atomic E-state index is 12.1. The topological polar surface area (TPSA) is 56.8 Å². The molecule has 0 fully saturated rings. The first-order chi connectivity index (χ1) is 11.4. The summed E-state index contributed by atoms with van der Waals surface area (Å²) in [6, 6.07) is 8.26. The molecule has 2 aromatic rings. The lowest BCUT2D eigenvalue weighted by Crippen LogP contribution is -2.20. The molecule has 0 aromatic heterocycles. The molecule has 0 unspecified atom stereocenters. The van der Waals surface area contributed by atoms with Gasteiger partial charge in [0.1, 0.15) is 17.2 Å². The molecule has 0 aliphatic rings. The van der Waals surface area contributed by atoms with E-state index in [2.05, 4.69) is 21.2 Å². The third kappa shape index (κ3) is 4.69. The molecule has 128 valence electrons. The zero-order chi connectivity index (χ0) is 17.7. The number of ether oxygens (including phenoxy) is 3. The van der Waals surface area contributed by atoms with Crippen LogP contribution < -0.4 is 19.5 Å². The van der Waals surface area contributed by atoms with Crippen LogP contribution in [0.3, 0.4) is 0 Å². The number of amides is 1. The first kappa shape index (κ1) is 18.7. The second-order valence-corrected chi connectivity index (χ2v) is 6.33. The van der Waals surface area contributed by atoms with Crippen molar-refractivity contribution in [1.29, 1.82) is 0 Å². The molecular formula is C16H14BrCl2NO4. The quantitative estimate of drug-likeness (QED) is 0.709.